The second kappa shape index (κ2) is 6.97. The summed E-state index contributed by atoms with van der Waals surface area (Å²) in [6.07, 6.45) is 2.42. The number of carboxylic acids is 1. The molecular weight excluding hydrogens is 218 g/mol. The molecular formula is C13H25NO3. The molecule has 1 saturated heterocycles. The first-order valence-electron chi connectivity index (χ1n) is 6.64. The van der Waals surface area contributed by atoms with E-state index in [9.17, 15) is 4.79 Å². The molecule has 1 fully saturated rings. The number of carboxylic acid groups (broad SMARTS) is 1. The molecule has 1 aliphatic rings. The van der Waals surface area contributed by atoms with Crippen LogP contribution in [0.25, 0.3) is 0 Å². The summed E-state index contributed by atoms with van der Waals surface area (Å²) in [5.74, 6) is -0.194. The highest BCUT2D eigenvalue weighted by Gasteiger charge is 2.28. The number of hydrogen-bond donors (Lipinski definition) is 1. The Morgan fingerprint density at radius 2 is 2.24 bits per heavy atom. The van der Waals surface area contributed by atoms with Gasteiger partial charge in [0.1, 0.15) is 0 Å². The number of rotatable bonds is 7. The van der Waals surface area contributed by atoms with Crippen molar-refractivity contribution in [2.75, 3.05) is 19.7 Å². The van der Waals surface area contributed by atoms with Gasteiger partial charge < -0.3 is 14.7 Å². The Kier molecular flexibility index (Phi) is 5.92. The van der Waals surface area contributed by atoms with Crippen molar-refractivity contribution < 1.29 is 14.6 Å². The predicted molar refractivity (Wildman–Crippen MR) is 67.1 cm³/mol. The fraction of sp³-hybridized carbons (Fsp3) is 0.923. The monoisotopic (exact) mass is 243 g/mol. The van der Waals surface area contributed by atoms with Crippen molar-refractivity contribution in [2.45, 2.75) is 52.2 Å². The molecule has 0 saturated carbocycles. The van der Waals surface area contributed by atoms with E-state index in [-0.39, 0.29) is 0 Å². The van der Waals surface area contributed by atoms with Gasteiger partial charge in [-0.1, -0.05) is 13.8 Å². The molecule has 1 rings (SSSR count). The normalized spacial score (nSPS) is 23.2. The minimum atomic E-state index is -0.841. The molecule has 0 aliphatic carbocycles. The van der Waals surface area contributed by atoms with Crippen molar-refractivity contribution in [3.63, 3.8) is 0 Å². The number of likely N-dealkylation sites (tertiary alicyclic amines) is 1. The Hall–Kier alpha value is -0.610. The Balaban J connectivity index is 2.40. The Bertz CT molecular complexity index is 243. The standard InChI is InChI=1S/C13H25NO3/c1-4-17-12(13(15)16)7-9-14-8-5-6-11(14)10(2)3/h10-12H,4-9H2,1-3H3,(H,15,16). The Morgan fingerprint density at radius 1 is 1.53 bits per heavy atom. The number of ether oxygens (including phenoxy) is 1. The van der Waals surface area contributed by atoms with Gasteiger partial charge in [-0.15, -0.1) is 0 Å². The third kappa shape index (κ3) is 4.28. The van der Waals surface area contributed by atoms with Crippen LogP contribution in [0, 0.1) is 5.92 Å². The first kappa shape index (κ1) is 14.5. The van der Waals surface area contributed by atoms with Crippen LogP contribution in [0.15, 0.2) is 0 Å². The SMILES string of the molecule is CCOC(CCN1CCCC1C(C)C)C(=O)O. The van der Waals surface area contributed by atoms with Gasteiger partial charge in [0.15, 0.2) is 6.10 Å². The molecule has 100 valence electrons. The molecule has 0 aromatic heterocycles. The van der Waals surface area contributed by atoms with Crippen LogP contribution < -0.4 is 0 Å². The number of nitrogens with zero attached hydrogens (tertiary/aromatic N) is 1. The third-order valence-electron chi connectivity index (χ3n) is 3.51. The maximum atomic E-state index is 11.0. The zero-order valence-corrected chi connectivity index (χ0v) is 11.2. The van der Waals surface area contributed by atoms with Gasteiger partial charge in [0, 0.05) is 19.2 Å². The van der Waals surface area contributed by atoms with Crippen LogP contribution in [-0.2, 0) is 9.53 Å². The molecule has 0 radical (unpaired) electrons. The van der Waals surface area contributed by atoms with E-state index in [1.165, 1.54) is 12.8 Å². The minimum absolute atomic E-state index is 0.463. The smallest absolute Gasteiger partial charge is 0.332 e. The molecule has 4 nitrogen and oxygen atoms in total. The van der Waals surface area contributed by atoms with Crippen LogP contribution in [0.2, 0.25) is 0 Å². The van der Waals surface area contributed by atoms with Gasteiger partial charge in [-0.2, -0.15) is 0 Å². The van der Waals surface area contributed by atoms with Crippen LogP contribution >= 0.6 is 0 Å². The van der Waals surface area contributed by atoms with Gasteiger partial charge >= 0.3 is 5.97 Å². The largest absolute Gasteiger partial charge is 0.479 e. The molecule has 1 heterocycles. The molecule has 0 aromatic rings. The summed E-state index contributed by atoms with van der Waals surface area (Å²) in [4.78, 5) is 13.4. The highest BCUT2D eigenvalue weighted by atomic mass is 16.5. The Labute approximate surface area is 104 Å². The van der Waals surface area contributed by atoms with Crippen LogP contribution in [0.1, 0.15) is 40.0 Å². The molecule has 2 unspecified atom stereocenters. The second-order valence-corrected chi connectivity index (χ2v) is 5.06. The van der Waals surface area contributed by atoms with E-state index in [0.29, 0.717) is 25.0 Å². The lowest BCUT2D eigenvalue weighted by molar-refractivity contribution is -0.150. The third-order valence-corrected chi connectivity index (χ3v) is 3.51. The summed E-state index contributed by atoms with van der Waals surface area (Å²) in [5, 5.41) is 9.01. The van der Waals surface area contributed by atoms with Crippen LogP contribution in [0.4, 0.5) is 0 Å². The van der Waals surface area contributed by atoms with E-state index in [4.69, 9.17) is 9.84 Å². The quantitative estimate of drug-likeness (QED) is 0.743. The van der Waals surface area contributed by atoms with Crippen molar-refractivity contribution in [1.82, 2.24) is 4.90 Å². The second-order valence-electron chi connectivity index (χ2n) is 5.06. The van der Waals surface area contributed by atoms with Gasteiger partial charge in [0.2, 0.25) is 0 Å². The fourth-order valence-electron chi connectivity index (χ4n) is 2.65. The molecule has 0 spiro atoms. The zero-order valence-electron chi connectivity index (χ0n) is 11.2. The molecule has 2 atom stereocenters. The van der Waals surface area contributed by atoms with Crippen molar-refractivity contribution >= 4 is 5.97 Å². The molecule has 17 heavy (non-hydrogen) atoms. The highest BCUT2D eigenvalue weighted by Crippen LogP contribution is 2.24. The van der Waals surface area contributed by atoms with Crippen molar-refractivity contribution in [3.05, 3.63) is 0 Å². The first-order chi connectivity index (χ1) is 8.06. The van der Waals surface area contributed by atoms with E-state index in [1.54, 1.807) is 0 Å². The lowest BCUT2D eigenvalue weighted by Gasteiger charge is -2.28. The first-order valence-corrected chi connectivity index (χ1v) is 6.64. The maximum absolute atomic E-state index is 11.0. The summed E-state index contributed by atoms with van der Waals surface area (Å²) in [5.41, 5.74) is 0. The lowest BCUT2D eigenvalue weighted by atomic mass is 10.0. The van der Waals surface area contributed by atoms with Gasteiger partial charge in [0.05, 0.1) is 0 Å². The molecule has 0 bridgehead atoms. The van der Waals surface area contributed by atoms with Crippen LogP contribution in [0.5, 0.6) is 0 Å². The summed E-state index contributed by atoms with van der Waals surface area (Å²) < 4.78 is 5.23. The van der Waals surface area contributed by atoms with Gasteiger partial charge in [0.25, 0.3) is 0 Å². The molecule has 0 aromatic carbocycles. The molecule has 1 aliphatic heterocycles. The zero-order chi connectivity index (χ0) is 12.8. The number of aliphatic carboxylic acids is 1. The van der Waals surface area contributed by atoms with E-state index in [1.807, 2.05) is 6.92 Å². The van der Waals surface area contributed by atoms with Gasteiger partial charge in [-0.05, 0) is 38.6 Å². The van der Waals surface area contributed by atoms with E-state index in [0.717, 1.165) is 13.1 Å². The van der Waals surface area contributed by atoms with E-state index < -0.39 is 12.1 Å². The fourth-order valence-corrected chi connectivity index (χ4v) is 2.65. The van der Waals surface area contributed by atoms with Crippen molar-refractivity contribution in [2.24, 2.45) is 5.92 Å². The summed E-state index contributed by atoms with van der Waals surface area (Å²) in [6, 6.07) is 0.617. The van der Waals surface area contributed by atoms with Crippen LogP contribution in [0.3, 0.4) is 0 Å². The Morgan fingerprint density at radius 3 is 2.76 bits per heavy atom. The number of carbonyl (C=O) groups is 1. The molecule has 4 heteroatoms. The predicted octanol–water partition coefficient (Wildman–Crippen LogP) is 1.99. The average Bonchev–Trinajstić information content (AvgIpc) is 2.71. The van der Waals surface area contributed by atoms with Crippen molar-refractivity contribution in [3.8, 4) is 0 Å². The summed E-state index contributed by atoms with van der Waals surface area (Å²) in [6.45, 7) is 8.70. The van der Waals surface area contributed by atoms with Crippen molar-refractivity contribution in [1.29, 1.82) is 0 Å². The lowest BCUT2D eigenvalue weighted by Crippen LogP contribution is -2.37. The van der Waals surface area contributed by atoms with Gasteiger partial charge in [-0.3, -0.25) is 0 Å². The van der Waals surface area contributed by atoms with Gasteiger partial charge in [-0.25, -0.2) is 4.79 Å². The average molecular weight is 243 g/mol. The molecule has 1 N–H and O–H groups in total. The summed E-state index contributed by atoms with van der Waals surface area (Å²) in [7, 11) is 0. The minimum Gasteiger partial charge on any atom is -0.479 e. The van der Waals surface area contributed by atoms with E-state index >= 15 is 0 Å². The van der Waals surface area contributed by atoms with E-state index in [2.05, 4.69) is 18.7 Å². The maximum Gasteiger partial charge on any atom is 0.332 e. The molecule has 0 amide bonds. The number of hydrogen-bond acceptors (Lipinski definition) is 3. The van der Waals surface area contributed by atoms with Crippen LogP contribution in [-0.4, -0.2) is 47.8 Å². The topological polar surface area (TPSA) is 49.8 Å². The summed E-state index contributed by atoms with van der Waals surface area (Å²) >= 11 is 0. The highest BCUT2D eigenvalue weighted by molar-refractivity contribution is 5.72.